The lowest BCUT2D eigenvalue weighted by molar-refractivity contribution is -0.144. The second-order valence-electron chi connectivity index (χ2n) is 5.46. The SMILES string of the molecule is COC(=O)[C@@H](NCc1ccc2c(c1)OCCCO2)C(C)C. The van der Waals surface area contributed by atoms with Gasteiger partial charge in [0, 0.05) is 13.0 Å². The molecule has 0 unspecified atom stereocenters. The summed E-state index contributed by atoms with van der Waals surface area (Å²) in [5.74, 6) is 1.48. The first-order valence-corrected chi connectivity index (χ1v) is 7.31. The number of fused-ring (bicyclic) bond motifs is 1. The first-order chi connectivity index (χ1) is 10.1. The van der Waals surface area contributed by atoms with Crippen molar-refractivity contribution < 1.29 is 19.0 Å². The van der Waals surface area contributed by atoms with Crippen molar-refractivity contribution in [3.63, 3.8) is 0 Å². The Morgan fingerprint density at radius 3 is 2.67 bits per heavy atom. The lowest BCUT2D eigenvalue weighted by Gasteiger charge is -2.20. The van der Waals surface area contributed by atoms with Gasteiger partial charge in [0.2, 0.25) is 0 Å². The van der Waals surface area contributed by atoms with Crippen molar-refractivity contribution in [2.75, 3.05) is 20.3 Å². The van der Waals surface area contributed by atoms with E-state index in [0.717, 1.165) is 23.5 Å². The van der Waals surface area contributed by atoms with E-state index in [-0.39, 0.29) is 17.9 Å². The van der Waals surface area contributed by atoms with E-state index < -0.39 is 0 Å². The third kappa shape index (κ3) is 4.11. The monoisotopic (exact) mass is 293 g/mol. The Morgan fingerprint density at radius 2 is 2.00 bits per heavy atom. The van der Waals surface area contributed by atoms with Gasteiger partial charge >= 0.3 is 5.97 Å². The van der Waals surface area contributed by atoms with Crippen LogP contribution in [0.1, 0.15) is 25.8 Å². The predicted molar refractivity (Wildman–Crippen MR) is 79.5 cm³/mol. The van der Waals surface area contributed by atoms with E-state index in [9.17, 15) is 4.79 Å². The summed E-state index contributed by atoms with van der Waals surface area (Å²) in [6.07, 6.45) is 0.889. The third-order valence-corrected chi connectivity index (χ3v) is 3.46. The summed E-state index contributed by atoms with van der Waals surface area (Å²) in [6, 6.07) is 5.54. The van der Waals surface area contributed by atoms with Crippen LogP contribution in [0.3, 0.4) is 0 Å². The molecular weight excluding hydrogens is 270 g/mol. The Bertz CT molecular complexity index is 487. The van der Waals surface area contributed by atoms with Crippen molar-refractivity contribution >= 4 is 5.97 Å². The topological polar surface area (TPSA) is 56.8 Å². The summed E-state index contributed by atoms with van der Waals surface area (Å²) in [7, 11) is 1.41. The number of nitrogens with one attached hydrogen (secondary N) is 1. The molecule has 0 aliphatic carbocycles. The van der Waals surface area contributed by atoms with Gasteiger partial charge in [0.15, 0.2) is 11.5 Å². The minimum atomic E-state index is -0.314. The molecule has 0 aromatic heterocycles. The van der Waals surface area contributed by atoms with E-state index in [1.165, 1.54) is 7.11 Å². The minimum absolute atomic E-state index is 0.165. The Labute approximate surface area is 125 Å². The minimum Gasteiger partial charge on any atom is -0.490 e. The van der Waals surface area contributed by atoms with E-state index in [1.54, 1.807) is 0 Å². The highest BCUT2D eigenvalue weighted by atomic mass is 16.5. The average Bonchev–Trinajstić information content (AvgIpc) is 2.71. The first kappa shape index (κ1) is 15.6. The molecule has 0 saturated heterocycles. The number of rotatable bonds is 5. The summed E-state index contributed by atoms with van der Waals surface area (Å²) in [4.78, 5) is 11.7. The molecule has 0 radical (unpaired) electrons. The predicted octanol–water partition coefficient (Wildman–Crippen LogP) is 2.14. The molecule has 1 aliphatic heterocycles. The summed E-state index contributed by atoms with van der Waals surface area (Å²) >= 11 is 0. The van der Waals surface area contributed by atoms with Gasteiger partial charge < -0.3 is 19.5 Å². The zero-order valence-electron chi connectivity index (χ0n) is 12.8. The number of hydrogen-bond donors (Lipinski definition) is 1. The van der Waals surface area contributed by atoms with Crippen molar-refractivity contribution in [1.29, 1.82) is 0 Å². The largest absolute Gasteiger partial charge is 0.490 e. The van der Waals surface area contributed by atoms with Crippen LogP contribution in [-0.2, 0) is 16.1 Å². The fraction of sp³-hybridized carbons (Fsp3) is 0.562. The first-order valence-electron chi connectivity index (χ1n) is 7.31. The zero-order chi connectivity index (χ0) is 15.2. The molecule has 1 aromatic carbocycles. The molecule has 0 fully saturated rings. The van der Waals surface area contributed by atoms with Gasteiger partial charge in [0.05, 0.1) is 20.3 Å². The maximum atomic E-state index is 11.7. The van der Waals surface area contributed by atoms with Crippen LogP contribution in [0.25, 0.3) is 0 Å². The molecule has 0 amide bonds. The van der Waals surface area contributed by atoms with Crippen LogP contribution >= 0.6 is 0 Å². The number of benzene rings is 1. The van der Waals surface area contributed by atoms with Crippen molar-refractivity contribution in [2.45, 2.75) is 32.9 Å². The molecule has 1 aliphatic rings. The molecule has 1 atom stereocenters. The van der Waals surface area contributed by atoms with Crippen LogP contribution in [0.5, 0.6) is 11.5 Å². The summed E-state index contributed by atoms with van der Waals surface area (Å²) in [6.45, 7) is 5.91. The molecule has 116 valence electrons. The van der Waals surface area contributed by atoms with Crippen molar-refractivity contribution in [2.24, 2.45) is 5.92 Å². The van der Waals surface area contributed by atoms with Gasteiger partial charge in [0.25, 0.3) is 0 Å². The van der Waals surface area contributed by atoms with E-state index >= 15 is 0 Å². The molecule has 1 N–H and O–H groups in total. The molecule has 0 saturated carbocycles. The summed E-state index contributed by atoms with van der Waals surface area (Å²) in [5, 5.41) is 3.24. The fourth-order valence-electron chi connectivity index (χ4n) is 2.26. The number of esters is 1. The van der Waals surface area contributed by atoms with Gasteiger partial charge in [0.1, 0.15) is 6.04 Å². The second kappa shape index (κ2) is 7.31. The van der Waals surface area contributed by atoms with Crippen LogP contribution in [0.15, 0.2) is 18.2 Å². The van der Waals surface area contributed by atoms with E-state index in [4.69, 9.17) is 14.2 Å². The van der Waals surface area contributed by atoms with Gasteiger partial charge in [-0.3, -0.25) is 4.79 Å². The van der Waals surface area contributed by atoms with Crippen LogP contribution in [0.4, 0.5) is 0 Å². The molecule has 2 rings (SSSR count). The number of carbonyl (C=O) groups is 1. The van der Waals surface area contributed by atoms with Crippen molar-refractivity contribution in [1.82, 2.24) is 5.32 Å². The van der Waals surface area contributed by atoms with Crippen LogP contribution in [0.2, 0.25) is 0 Å². The number of ether oxygens (including phenoxy) is 3. The molecular formula is C16H23NO4. The molecule has 0 spiro atoms. The average molecular weight is 293 g/mol. The highest BCUT2D eigenvalue weighted by Crippen LogP contribution is 2.30. The van der Waals surface area contributed by atoms with Crippen molar-refractivity contribution in [3.05, 3.63) is 23.8 Å². The molecule has 0 bridgehead atoms. The Kier molecular flexibility index (Phi) is 5.44. The van der Waals surface area contributed by atoms with Crippen molar-refractivity contribution in [3.8, 4) is 11.5 Å². The maximum absolute atomic E-state index is 11.7. The smallest absolute Gasteiger partial charge is 0.323 e. The van der Waals surface area contributed by atoms with E-state index in [0.29, 0.717) is 19.8 Å². The highest BCUT2D eigenvalue weighted by Gasteiger charge is 2.22. The lowest BCUT2D eigenvalue weighted by Crippen LogP contribution is -2.41. The van der Waals surface area contributed by atoms with Gasteiger partial charge in [-0.1, -0.05) is 19.9 Å². The van der Waals surface area contributed by atoms with E-state index in [1.807, 2.05) is 32.0 Å². The standard InChI is InChI=1S/C16H23NO4/c1-11(2)15(16(18)19-3)17-10-12-5-6-13-14(9-12)21-8-4-7-20-13/h5-6,9,11,15,17H,4,7-8,10H2,1-3H3/t15-/m0/s1. The Hall–Kier alpha value is -1.75. The van der Waals surface area contributed by atoms with Gasteiger partial charge in [-0.25, -0.2) is 0 Å². The Balaban J connectivity index is 2.02. The number of methoxy groups -OCH3 is 1. The molecule has 5 nitrogen and oxygen atoms in total. The summed E-state index contributed by atoms with van der Waals surface area (Å²) < 4.78 is 16.1. The third-order valence-electron chi connectivity index (χ3n) is 3.46. The van der Waals surface area contributed by atoms with Gasteiger partial charge in [-0.05, 0) is 23.6 Å². The van der Waals surface area contributed by atoms with E-state index in [2.05, 4.69) is 5.32 Å². The lowest BCUT2D eigenvalue weighted by atomic mass is 10.0. The van der Waals surface area contributed by atoms with Crippen LogP contribution in [0, 0.1) is 5.92 Å². The van der Waals surface area contributed by atoms with Crippen LogP contribution in [-0.4, -0.2) is 32.3 Å². The zero-order valence-corrected chi connectivity index (χ0v) is 12.8. The summed E-state index contributed by atoms with van der Waals surface area (Å²) in [5.41, 5.74) is 1.05. The second-order valence-corrected chi connectivity index (χ2v) is 5.46. The quantitative estimate of drug-likeness (QED) is 0.843. The molecule has 1 heterocycles. The maximum Gasteiger partial charge on any atom is 0.323 e. The fourth-order valence-corrected chi connectivity index (χ4v) is 2.26. The number of carbonyl (C=O) groups excluding carboxylic acids is 1. The molecule has 5 heteroatoms. The number of hydrogen-bond acceptors (Lipinski definition) is 5. The van der Waals surface area contributed by atoms with Crippen LogP contribution < -0.4 is 14.8 Å². The normalized spacial score (nSPS) is 15.4. The van der Waals surface area contributed by atoms with Gasteiger partial charge in [-0.15, -0.1) is 0 Å². The van der Waals surface area contributed by atoms with Gasteiger partial charge in [-0.2, -0.15) is 0 Å². The highest BCUT2D eigenvalue weighted by molar-refractivity contribution is 5.75. The molecule has 1 aromatic rings. The Morgan fingerprint density at radius 1 is 1.29 bits per heavy atom. The molecule has 21 heavy (non-hydrogen) atoms.